The number of carbonyl (C=O) groups is 2. The molecule has 2 atom stereocenters. The van der Waals surface area contributed by atoms with Gasteiger partial charge in [-0.05, 0) is 13.3 Å². The monoisotopic (exact) mass is 299 g/mol. The van der Waals surface area contributed by atoms with Gasteiger partial charge in [-0.25, -0.2) is 14.6 Å². The third-order valence-corrected chi connectivity index (χ3v) is 4.19. The number of aryl methyl sites for hydroxylation is 2. The number of carbonyl (C=O) groups excluding carboxylic acids is 1. The van der Waals surface area contributed by atoms with Gasteiger partial charge in [0, 0.05) is 17.8 Å². The van der Waals surface area contributed by atoms with Gasteiger partial charge in [-0.1, -0.05) is 6.92 Å². The van der Waals surface area contributed by atoms with E-state index in [2.05, 4.69) is 10.3 Å². The number of nitrogens with zero attached hydrogens (tertiary/aromatic N) is 2. The number of aliphatic hydroxyl groups excluding tert-OH is 1. The minimum Gasteiger partial charge on any atom is -0.480 e. The predicted molar refractivity (Wildman–Crippen MR) is 74.0 cm³/mol. The number of urea groups is 1. The molecule has 2 heterocycles. The highest BCUT2D eigenvalue weighted by Crippen LogP contribution is 2.24. The number of aromatic nitrogens is 1. The number of carboxylic acid groups (broad SMARTS) is 1. The number of hydrogen-bond donors (Lipinski definition) is 3. The van der Waals surface area contributed by atoms with E-state index in [1.165, 1.54) is 11.3 Å². The van der Waals surface area contributed by atoms with Crippen LogP contribution in [0.3, 0.4) is 0 Å². The van der Waals surface area contributed by atoms with Crippen LogP contribution in [-0.4, -0.2) is 50.8 Å². The molecule has 7 nitrogen and oxygen atoms in total. The Morgan fingerprint density at radius 3 is 2.80 bits per heavy atom. The molecule has 0 aliphatic carbocycles. The Balaban J connectivity index is 2.08. The van der Waals surface area contributed by atoms with Gasteiger partial charge in [0.2, 0.25) is 0 Å². The molecule has 1 aromatic heterocycles. The maximum atomic E-state index is 12.1. The number of nitrogens with one attached hydrogen (secondary N) is 1. The second-order valence-electron chi connectivity index (χ2n) is 4.70. The topological polar surface area (TPSA) is 103 Å². The van der Waals surface area contributed by atoms with Gasteiger partial charge in [0.1, 0.15) is 6.04 Å². The van der Waals surface area contributed by atoms with Crippen LogP contribution in [0.1, 0.15) is 23.9 Å². The van der Waals surface area contributed by atoms with Crippen molar-refractivity contribution in [2.75, 3.05) is 11.9 Å². The Morgan fingerprint density at radius 2 is 2.25 bits per heavy atom. The van der Waals surface area contributed by atoms with Crippen molar-refractivity contribution < 1.29 is 19.8 Å². The van der Waals surface area contributed by atoms with Crippen molar-refractivity contribution in [2.45, 2.75) is 38.8 Å². The summed E-state index contributed by atoms with van der Waals surface area (Å²) in [6.07, 6.45) is 0.0317. The average Bonchev–Trinajstić information content (AvgIpc) is 2.92. The van der Waals surface area contributed by atoms with Crippen LogP contribution in [-0.2, 0) is 11.2 Å². The summed E-state index contributed by atoms with van der Waals surface area (Å²) in [5, 5.41) is 21.6. The second kappa shape index (κ2) is 5.76. The molecule has 1 saturated heterocycles. The van der Waals surface area contributed by atoms with Crippen LogP contribution in [0.15, 0.2) is 0 Å². The predicted octanol–water partition coefficient (Wildman–Crippen LogP) is 1.07. The summed E-state index contributed by atoms with van der Waals surface area (Å²) in [7, 11) is 0. The Kier molecular flexibility index (Phi) is 4.24. The lowest BCUT2D eigenvalue weighted by atomic mass is 10.2. The summed E-state index contributed by atoms with van der Waals surface area (Å²) in [5.41, 5.74) is 0.918. The van der Waals surface area contributed by atoms with Crippen LogP contribution in [0, 0.1) is 6.92 Å². The van der Waals surface area contributed by atoms with Crippen molar-refractivity contribution in [1.29, 1.82) is 0 Å². The number of likely N-dealkylation sites (tertiary alicyclic amines) is 1. The summed E-state index contributed by atoms with van der Waals surface area (Å²) in [6.45, 7) is 3.92. The number of β-amino-alcohol motifs (C(OH)–C–C–N with tert-alkyl or cyclic N) is 1. The summed E-state index contributed by atoms with van der Waals surface area (Å²) in [5.74, 6) is -1.11. The molecule has 2 rings (SSSR count). The maximum absolute atomic E-state index is 12.1. The molecule has 0 spiro atoms. The first-order valence-corrected chi connectivity index (χ1v) is 7.18. The van der Waals surface area contributed by atoms with Gasteiger partial charge in [0.05, 0.1) is 11.8 Å². The second-order valence-corrected chi connectivity index (χ2v) is 5.90. The minimum atomic E-state index is -1.11. The van der Waals surface area contributed by atoms with Crippen LogP contribution in [0.25, 0.3) is 0 Å². The zero-order valence-electron chi connectivity index (χ0n) is 11.3. The number of aliphatic carboxylic acids is 1. The normalized spacial score (nSPS) is 22.1. The highest BCUT2D eigenvalue weighted by atomic mass is 32.1. The Labute approximate surface area is 120 Å². The molecule has 20 heavy (non-hydrogen) atoms. The molecule has 0 bridgehead atoms. The summed E-state index contributed by atoms with van der Waals surface area (Å²) in [4.78, 5) is 29.6. The quantitative estimate of drug-likeness (QED) is 0.774. The number of aliphatic hydroxyl groups is 1. The zero-order chi connectivity index (χ0) is 14.9. The van der Waals surface area contributed by atoms with Gasteiger partial charge >= 0.3 is 12.0 Å². The summed E-state index contributed by atoms with van der Waals surface area (Å²) in [6, 6.07) is -1.53. The van der Waals surface area contributed by atoms with Gasteiger partial charge in [-0.3, -0.25) is 5.32 Å². The number of thiazole rings is 1. The third kappa shape index (κ3) is 2.91. The minimum absolute atomic E-state index is 0.0216. The molecule has 1 aromatic rings. The van der Waals surface area contributed by atoms with E-state index >= 15 is 0 Å². The van der Waals surface area contributed by atoms with Crippen molar-refractivity contribution in [1.82, 2.24) is 9.88 Å². The Hall–Kier alpha value is -1.67. The molecule has 0 radical (unpaired) electrons. The third-order valence-electron chi connectivity index (χ3n) is 3.27. The van der Waals surface area contributed by atoms with E-state index in [1.54, 1.807) is 0 Å². The lowest BCUT2D eigenvalue weighted by Gasteiger charge is -2.20. The van der Waals surface area contributed by atoms with Crippen LogP contribution in [0.4, 0.5) is 9.93 Å². The molecule has 8 heteroatoms. The number of rotatable bonds is 3. The maximum Gasteiger partial charge on any atom is 0.326 e. The lowest BCUT2D eigenvalue weighted by Crippen LogP contribution is -2.43. The van der Waals surface area contributed by atoms with E-state index in [1.807, 2.05) is 13.8 Å². The molecular weight excluding hydrogens is 282 g/mol. The van der Waals surface area contributed by atoms with Crippen LogP contribution < -0.4 is 5.32 Å². The van der Waals surface area contributed by atoms with Gasteiger partial charge < -0.3 is 15.1 Å². The number of carboxylic acids is 1. The van der Waals surface area contributed by atoms with Gasteiger partial charge in [0.25, 0.3) is 0 Å². The molecule has 1 aliphatic heterocycles. The van der Waals surface area contributed by atoms with E-state index in [0.29, 0.717) is 5.13 Å². The molecule has 1 aliphatic rings. The van der Waals surface area contributed by atoms with Crippen LogP contribution >= 0.6 is 11.3 Å². The summed E-state index contributed by atoms with van der Waals surface area (Å²) < 4.78 is 0. The molecule has 110 valence electrons. The molecule has 0 saturated carbocycles. The van der Waals surface area contributed by atoms with E-state index < -0.39 is 24.1 Å². The van der Waals surface area contributed by atoms with E-state index in [0.717, 1.165) is 21.9 Å². The van der Waals surface area contributed by atoms with Crippen molar-refractivity contribution in [3.8, 4) is 0 Å². The van der Waals surface area contributed by atoms with Gasteiger partial charge in [-0.15, -0.1) is 11.3 Å². The van der Waals surface area contributed by atoms with Crippen LogP contribution in [0.2, 0.25) is 0 Å². The first-order valence-electron chi connectivity index (χ1n) is 6.37. The lowest BCUT2D eigenvalue weighted by molar-refractivity contribution is -0.141. The SMILES string of the molecule is CCc1nc(NC(=O)N2C[C@H](O)C[C@H]2C(=O)O)sc1C. The average molecular weight is 299 g/mol. The highest BCUT2D eigenvalue weighted by molar-refractivity contribution is 7.15. The van der Waals surface area contributed by atoms with Crippen molar-refractivity contribution in [3.05, 3.63) is 10.6 Å². The van der Waals surface area contributed by atoms with E-state index in [9.17, 15) is 14.7 Å². The molecule has 0 aromatic carbocycles. The molecule has 3 N–H and O–H groups in total. The molecule has 1 fully saturated rings. The molecular formula is C12H17N3O4S. The first kappa shape index (κ1) is 14.7. The number of amides is 2. The van der Waals surface area contributed by atoms with E-state index in [-0.39, 0.29) is 13.0 Å². The van der Waals surface area contributed by atoms with Crippen molar-refractivity contribution in [3.63, 3.8) is 0 Å². The molecule has 2 amide bonds. The van der Waals surface area contributed by atoms with Crippen molar-refractivity contribution >= 4 is 28.5 Å². The summed E-state index contributed by atoms with van der Waals surface area (Å²) >= 11 is 1.36. The van der Waals surface area contributed by atoms with Crippen LogP contribution in [0.5, 0.6) is 0 Å². The number of hydrogen-bond acceptors (Lipinski definition) is 5. The first-order chi connectivity index (χ1) is 9.42. The standard InChI is InChI=1S/C12H17N3O4S/c1-3-8-6(2)20-11(13-8)14-12(19)15-5-7(16)4-9(15)10(17)18/h7,9,16H,3-5H2,1-2H3,(H,17,18)(H,13,14,19)/t7-,9+/m1/s1. The van der Waals surface area contributed by atoms with E-state index in [4.69, 9.17) is 5.11 Å². The smallest absolute Gasteiger partial charge is 0.326 e. The number of anilines is 1. The zero-order valence-corrected chi connectivity index (χ0v) is 12.1. The largest absolute Gasteiger partial charge is 0.480 e. The Bertz CT molecular complexity index is 531. The fraction of sp³-hybridized carbons (Fsp3) is 0.583. The molecule has 0 unspecified atom stereocenters. The fourth-order valence-electron chi connectivity index (χ4n) is 2.25. The Morgan fingerprint density at radius 1 is 1.55 bits per heavy atom. The van der Waals surface area contributed by atoms with Crippen molar-refractivity contribution in [2.24, 2.45) is 0 Å². The van der Waals surface area contributed by atoms with Gasteiger partial charge in [-0.2, -0.15) is 0 Å². The highest BCUT2D eigenvalue weighted by Gasteiger charge is 2.39. The van der Waals surface area contributed by atoms with Gasteiger partial charge in [0.15, 0.2) is 5.13 Å². The fourth-order valence-corrected chi connectivity index (χ4v) is 3.14.